The summed E-state index contributed by atoms with van der Waals surface area (Å²) in [7, 11) is 0. The van der Waals surface area contributed by atoms with Crippen LogP contribution in [0.3, 0.4) is 0 Å². The Labute approximate surface area is 121 Å². The molecule has 1 saturated carbocycles. The molecule has 2 aliphatic rings. The van der Waals surface area contributed by atoms with Gasteiger partial charge in [-0.2, -0.15) is 0 Å². The summed E-state index contributed by atoms with van der Waals surface area (Å²) in [5, 5.41) is 9.53. The van der Waals surface area contributed by atoms with Crippen molar-refractivity contribution in [2.24, 2.45) is 11.3 Å². The second-order valence-corrected chi connectivity index (χ2v) is 6.13. The molecule has 1 aliphatic heterocycles. The number of aromatic amines is 1. The second kappa shape index (κ2) is 4.72. The monoisotopic (exact) mass is 290 g/mol. The van der Waals surface area contributed by atoms with Crippen LogP contribution in [0.15, 0.2) is 17.1 Å². The van der Waals surface area contributed by atoms with Crippen molar-refractivity contribution < 1.29 is 14.7 Å². The van der Waals surface area contributed by atoms with Crippen molar-refractivity contribution in [1.82, 2.24) is 9.88 Å². The molecule has 2 N–H and O–H groups in total. The highest BCUT2D eigenvalue weighted by Gasteiger charge is 2.55. The molecule has 1 aromatic heterocycles. The molecule has 0 aromatic carbocycles. The Bertz CT molecular complexity index is 666. The summed E-state index contributed by atoms with van der Waals surface area (Å²) in [5.41, 5.74) is -0.358. The number of rotatable bonds is 2. The number of H-pyrrole nitrogens is 1. The van der Waals surface area contributed by atoms with E-state index < -0.39 is 11.4 Å². The number of likely N-dealkylation sites (tertiary alicyclic amines) is 1. The van der Waals surface area contributed by atoms with Gasteiger partial charge in [-0.25, -0.2) is 0 Å². The lowest BCUT2D eigenvalue weighted by atomic mass is 9.81. The summed E-state index contributed by atoms with van der Waals surface area (Å²) >= 11 is 0. The minimum absolute atomic E-state index is 0.00322. The summed E-state index contributed by atoms with van der Waals surface area (Å²) in [4.78, 5) is 40.4. The first-order valence-corrected chi connectivity index (χ1v) is 7.16. The summed E-state index contributed by atoms with van der Waals surface area (Å²) in [6, 6.07) is 1.39. The van der Waals surface area contributed by atoms with Gasteiger partial charge >= 0.3 is 5.97 Å². The standard InChI is InChI=1S/C15H18N2O4/c1-9-5-12(18)11(6-16-9)13(19)17-7-10-3-2-4-15(10,8-17)14(20)21/h5-6,10H,2-4,7-8H2,1H3,(H,16,18)(H,20,21)/t10-,15+/m0/s1. The first-order valence-electron chi connectivity index (χ1n) is 7.16. The zero-order chi connectivity index (χ0) is 15.2. The summed E-state index contributed by atoms with van der Waals surface area (Å²) in [5.74, 6) is -1.19. The highest BCUT2D eigenvalue weighted by atomic mass is 16.4. The molecule has 1 saturated heterocycles. The molecule has 0 spiro atoms. The number of fused-ring (bicyclic) bond motifs is 1. The van der Waals surface area contributed by atoms with Crippen LogP contribution in [-0.4, -0.2) is 40.0 Å². The minimum Gasteiger partial charge on any atom is -0.481 e. The smallest absolute Gasteiger partial charge is 0.311 e. The first kappa shape index (κ1) is 13.9. The van der Waals surface area contributed by atoms with Gasteiger partial charge in [-0.1, -0.05) is 6.42 Å². The lowest BCUT2D eigenvalue weighted by molar-refractivity contribution is -0.149. The largest absolute Gasteiger partial charge is 0.481 e. The Morgan fingerprint density at radius 1 is 1.48 bits per heavy atom. The molecule has 1 amide bonds. The lowest BCUT2D eigenvalue weighted by Crippen LogP contribution is -2.38. The third-order valence-corrected chi connectivity index (χ3v) is 4.87. The zero-order valence-electron chi connectivity index (χ0n) is 11.9. The van der Waals surface area contributed by atoms with E-state index in [1.54, 1.807) is 6.92 Å². The molecule has 1 aromatic rings. The summed E-state index contributed by atoms with van der Waals surface area (Å²) < 4.78 is 0. The number of nitrogens with one attached hydrogen (secondary N) is 1. The molecule has 2 atom stereocenters. The number of hydrogen-bond donors (Lipinski definition) is 2. The molecule has 0 unspecified atom stereocenters. The number of carbonyl (C=O) groups excluding carboxylic acids is 1. The molecule has 6 heteroatoms. The summed E-state index contributed by atoms with van der Waals surface area (Å²) in [6.07, 6.45) is 3.76. The number of pyridine rings is 1. The third kappa shape index (κ3) is 2.05. The van der Waals surface area contributed by atoms with Crippen molar-refractivity contribution in [1.29, 1.82) is 0 Å². The quantitative estimate of drug-likeness (QED) is 0.850. The van der Waals surface area contributed by atoms with E-state index >= 15 is 0 Å². The van der Waals surface area contributed by atoms with E-state index in [4.69, 9.17) is 0 Å². The van der Waals surface area contributed by atoms with Gasteiger partial charge in [0.2, 0.25) is 0 Å². The topological polar surface area (TPSA) is 90.5 Å². The van der Waals surface area contributed by atoms with Crippen LogP contribution in [0.25, 0.3) is 0 Å². The first-order chi connectivity index (χ1) is 9.94. The summed E-state index contributed by atoms with van der Waals surface area (Å²) in [6.45, 7) is 2.38. The third-order valence-electron chi connectivity index (χ3n) is 4.87. The van der Waals surface area contributed by atoms with E-state index in [0.717, 1.165) is 12.8 Å². The van der Waals surface area contributed by atoms with Crippen molar-refractivity contribution in [3.8, 4) is 0 Å². The van der Waals surface area contributed by atoms with Gasteiger partial charge in [0, 0.05) is 31.0 Å². The number of carboxylic acid groups (broad SMARTS) is 1. The fourth-order valence-corrected chi connectivity index (χ4v) is 3.70. The van der Waals surface area contributed by atoms with Crippen LogP contribution < -0.4 is 5.43 Å². The zero-order valence-corrected chi connectivity index (χ0v) is 11.9. The molecule has 21 heavy (non-hydrogen) atoms. The number of carboxylic acids is 1. The fraction of sp³-hybridized carbons (Fsp3) is 0.533. The van der Waals surface area contributed by atoms with Crippen LogP contribution in [0.5, 0.6) is 0 Å². The van der Waals surface area contributed by atoms with Crippen LogP contribution in [0, 0.1) is 18.3 Å². The van der Waals surface area contributed by atoms with Gasteiger partial charge in [0.15, 0.2) is 5.43 Å². The van der Waals surface area contributed by atoms with Crippen LogP contribution in [0.1, 0.15) is 35.3 Å². The molecule has 0 bridgehead atoms. The van der Waals surface area contributed by atoms with Crippen LogP contribution in [0.2, 0.25) is 0 Å². The van der Waals surface area contributed by atoms with Crippen molar-refractivity contribution in [2.45, 2.75) is 26.2 Å². The predicted octanol–water partition coefficient (Wildman–Crippen LogP) is 1.01. The number of hydrogen-bond acceptors (Lipinski definition) is 3. The van der Waals surface area contributed by atoms with Gasteiger partial charge in [-0.15, -0.1) is 0 Å². The van der Waals surface area contributed by atoms with Crippen LogP contribution in [0.4, 0.5) is 0 Å². The lowest BCUT2D eigenvalue weighted by Gasteiger charge is -2.23. The van der Waals surface area contributed by atoms with Crippen molar-refractivity contribution in [3.63, 3.8) is 0 Å². The van der Waals surface area contributed by atoms with E-state index in [0.29, 0.717) is 18.7 Å². The molecular weight excluding hydrogens is 272 g/mol. The molecule has 2 heterocycles. The molecule has 112 valence electrons. The maximum atomic E-state index is 12.5. The average Bonchev–Trinajstić information content (AvgIpc) is 2.95. The van der Waals surface area contributed by atoms with Gasteiger partial charge in [0.25, 0.3) is 5.91 Å². The van der Waals surface area contributed by atoms with Crippen LogP contribution >= 0.6 is 0 Å². The van der Waals surface area contributed by atoms with Crippen molar-refractivity contribution in [2.75, 3.05) is 13.1 Å². The predicted molar refractivity (Wildman–Crippen MR) is 75.1 cm³/mol. The number of aliphatic carboxylic acids is 1. The van der Waals surface area contributed by atoms with Gasteiger partial charge in [-0.05, 0) is 25.7 Å². The SMILES string of the molecule is Cc1cc(=O)c(C(=O)N2C[C@@H]3CCC[C@@]3(C(=O)O)C2)c[nH]1. The van der Waals surface area contributed by atoms with Crippen LogP contribution in [-0.2, 0) is 4.79 Å². The van der Waals surface area contributed by atoms with E-state index in [-0.39, 0.29) is 29.4 Å². The van der Waals surface area contributed by atoms with Crippen molar-refractivity contribution in [3.05, 3.63) is 33.7 Å². The molecule has 1 aliphatic carbocycles. The van der Waals surface area contributed by atoms with Gasteiger partial charge < -0.3 is 15.0 Å². The van der Waals surface area contributed by atoms with E-state index in [9.17, 15) is 19.5 Å². The van der Waals surface area contributed by atoms with Gasteiger partial charge in [0.1, 0.15) is 5.56 Å². The maximum Gasteiger partial charge on any atom is 0.311 e. The van der Waals surface area contributed by atoms with E-state index in [1.807, 2.05) is 0 Å². The number of nitrogens with zero attached hydrogens (tertiary/aromatic N) is 1. The highest BCUT2D eigenvalue weighted by Crippen LogP contribution is 2.49. The molecule has 2 fully saturated rings. The Kier molecular flexibility index (Phi) is 3.11. The van der Waals surface area contributed by atoms with Crippen molar-refractivity contribution >= 4 is 11.9 Å². The Morgan fingerprint density at radius 3 is 2.86 bits per heavy atom. The number of aryl methyl sites for hydroxylation is 1. The van der Waals surface area contributed by atoms with Gasteiger partial charge in [0.05, 0.1) is 5.41 Å². The van der Waals surface area contributed by atoms with E-state index in [1.165, 1.54) is 17.2 Å². The molecule has 0 radical (unpaired) electrons. The number of aromatic nitrogens is 1. The highest BCUT2D eigenvalue weighted by molar-refractivity contribution is 5.94. The second-order valence-electron chi connectivity index (χ2n) is 6.13. The molecule has 3 rings (SSSR count). The number of amides is 1. The normalized spacial score (nSPS) is 27.7. The molecular formula is C15H18N2O4. The fourth-order valence-electron chi connectivity index (χ4n) is 3.70. The Balaban J connectivity index is 1.88. The Morgan fingerprint density at radius 2 is 2.24 bits per heavy atom. The minimum atomic E-state index is -0.821. The average molecular weight is 290 g/mol. The van der Waals surface area contributed by atoms with Gasteiger partial charge in [-0.3, -0.25) is 14.4 Å². The Hall–Kier alpha value is -2.11. The number of carbonyl (C=O) groups is 2. The molecule has 6 nitrogen and oxygen atoms in total. The maximum absolute atomic E-state index is 12.5. The van der Waals surface area contributed by atoms with E-state index in [2.05, 4.69) is 4.98 Å².